The number of rotatable bonds is 5. The molecule has 2 N–H and O–H groups in total. The van der Waals surface area contributed by atoms with Crippen molar-refractivity contribution in [2.75, 3.05) is 19.6 Å². The highest BCUT2D eigenvalue weighted by atomic mass is 16.1. The van der Waals surface area contributed by atoms with Gasteiger partial charge in [0.25, 0.3) is 0 Å². The lowest BCUT2D eigenvalue weighted by atomic mass is 10.0. The molecule has 1 amide bonds. The van der Waals surface area contributed by atoms with E-state index < -0.39 is 0 Å². The monoisotopic (exact) mass is 238 g/mol. The predicted molar refractivity (Wildman–Crippen MR) is 69.7 cm³/mol. The van der Waals surface area contributed by atoms with Gasteiger partial charge in [0.1, 0.15) is 0 Å². The van der Waals surface area contributed by atoms with Crippen LogP contribution >= 0.6 is 0 Å². The molecule has 3 nitrogen and oxygen atoms in total. The second-order valence-corrected chi connectivity index (χ2v) is 5.99. The maximum atomic E-state index is 11.7. The molecule has 0 bridgehead atoms. The molecule has 1 aliphatic heterocycles. The van der Waals surface area contributed by atoms with Crippen molar-refractivity contribution in [3.63, 3.8) is 0 Å². The van der Waals surface area contributed by atoms with Crippen LogP contribution < -0.4 is 10.6 Å². The fourth-order valence-corrected chi connectivity index (χ4v) is 3.15. The molecule has 0 aromatic rings. The molecule has 2 fully saturated rings. The normalized spacial score (nSPS) is 32.9. The first-order chi connectivity index (χ1) is 8.24. The van der Waals surface area contributed by atoms with E-state index in [1.807, 2.05) is 0 Å². The van der Waals surface area contributed by atoms with Gasteiger partial charge in [-0.2, -0.15) is 0 Å². The maximum absolute atomic E-state index is 11.7. The van der Waals surface area contributed by atoms with Gasteiger partial charge in [0.15, 0.2) is 0 Å². The molecular formula is C14H26N2O. The van der Waals surface area contributed by atoms with E-state index in [0.29, 0.717) is 6.42 Å². The third kappa shape index (κ3) is 4.30. The Balaban J connectivity index is 1.54. The highest BCUT2D eigenvalue weighted by molar-refractivity contribution is 5.75. The average Bonchev–Trinajstić information content (AvgIpc) is 2.95. The van der Waals surface area contributed by atoms with Crippen LogP contribution in [0.4, 0.5) is 0 Å². The topological polar surface area (TPSA) is 41.1 Å². The first-order valence-corrected chi connectivity index (χ1v) is 7.21. The minimum Gasteiger partial charge on any atom is -0.356 e. The van der Waals surface area contributed by atoms with Gasteiger partial charge in [-0.3, -0.25) is 4.79 Å². The lowest BCUT2D eigenvalue weighted by Gasteiger charge is -2.12. The summed E-state index contributed by atoms with van der Waals surface area (Å²) in [4.78, 5) is 11.7. The Morgan fingerprint density at radius 1 is 1.29 bits per heavy atom. The van der Waals surface area contributed by atoms with E-state index in [0.717, 1.165) is 43.8 Å². The fourth-order valence-electron chi connectivity index (χ4n) is 3.15. The molecule has 2 rings (SSSR count). The Kier molecular flexibility index (Phi) is 4.84. The summed E-state index contributed by atoms with van der Waals surface area (Å²) >= 11 is 0. The lowest BCUT2D eigenvalue weighted by molar-refractivity contribution is -0.121. The van der Waals surface area contributed by atoms with Crippen molar-refractivity contribution in [1.82, 2.24) is 10.6 Å². The van der Waals surface area contributed by atoms with E-state index >= 15 is 0 Å². The molecule has 3 atom stereocenters. The molecule has 1 heterocycles. The average molecular weight is 238 g/mol. The molecule has 98 valence electrons. The first-order valence-electron chi connectivity index (χ1n) is 7.21. The Hall–Kier alpha value is -0.570. The number of amides is 1. The fraction of sp³-hybridized carbons (Fsp3) is 0.929. The Bertz CT molecular complexity index is 249. The van der Waals surface area contributed by atoms with Crippen LogP contribution in [-0.2, 0) is 4.79 Å². The van der Waals surface area contributed by atoms with Crippen LogP contribution in [0.25, 0.3) is 0 Å². The van der Waals surface area contributed by atoms with Crippen molar-refractivity contribution in [2.24, 2.45) is 17.8 Å². The minimum atomic E-state index is 0.261. The van der Waals surface area contributed by atoms with Gasteiger partial charge in [-0.25, -0.2) is 0 Å². The number of carbonyl (C=O) groups excluding carboxylic acids is 1. The van der Waals surface area contributed by atoms with Crippen molar-refractivity contribution in [2.45, 2.75) is 45.4 Å². The van der Waals surface area contributed by atoms with Crippen molar-refractivity contribution >= 4 is 5.91 Å². The van der Waals surface area contributed by atoms with Crippen LogP contribution in [0.3, 0.4) is 0 Å². The van der Waals surface area contributed by atoms with Gasteiger partial charge in [-0.15, -0.1) is 0 Å². The predicted octanol–water partition coefficient (Wildman–Crippen LogP) is 1.93. The highest BCUT2D eigenvalue weighted by Crippen LogP contribution is 2.29. The maximum Gasteiger partial charge on any atom is 0.220 e. The van der Waals surface area contributed by atoms with E-state index in [4.69, 9.17) is 0 Å². The quantitative estimate of drug-likeness (QED) is 0.768. The summed E-state index contributed by atoms with van der Waals surface area (Å²) in [6, 6.07) is 0. The summed E-state index contributed by atoms with van der Waals surface area (Å²) in [6.45, 7) is 5.46. The van der Waals surface area contributed by atoms with Crippen molar-refractivity contribution in [3.8, 4) is 0 Å². The van der Waals surface area contributed by atoms with Gasteiger partial charge < -0.3 is 10.6 Å². The molecule has 0 spiro atoms. The third-order valence-corrected chi connectivity index (χ3v) is 4.33. The number of hydrogen-bond donors (Lipinski definition) is 2. The van der Waals surface area contributed by atoms with Crippen LogP contribution in [0.1, 0.15) is 45.4 Å². The summed E-state index contributed by atoms with van der Waals surface area (Å²) in [5, 5.41) is 6.46. The Morgan fingerprint density at radius 2 is 2.18 bits per heavy atom. The second-order valence-electron chi connectivity index (χ2n) is 5.99. The molecule has 1 saturated carbocycles. The van der Waals surface area contributed by atoms with Gasteiger partial charge >= 0.3 is 0 Å². The van der Waals surface area contributed by atoms with Crippen LogP contribution in [-0.4, -0.2) is 25.5 Å². The van der Waals surface area contributed by atoms with Crippen molar-refractivity contribution in [1.29, 1.82) is 0 Å². The molecule has 17 heavy (non-hydrogen) atoms. The Labute approximate surface area is 105 Å². The summed E-state index contributed by atoms with van der Waals surface area (Å²) in [7, 11) is 0. The molecule has 2 aliphatic rings. The molecular weight excluding hydrogens is 212 g/mol. The molecule has 0 radical (unpaired) electrons. The Morgan fingerprint density at radius 3 is 2.82 bits per heavy atom. The summed E-state index contributed by atoms with van der Waals surface area (Å²) in [6.07, 6.45) is 6.96. The van der Waals surface area contributed by atoms with Crippen LogP contribution in [0.2, 0.25) is 0 Å². The van der Waals surface area contributed by atoms with Crippen LogP contribution in [0.5, 0.6) is 0 Å². The largest absolute Gasteiger partial charge is 0.356 e. The summed E-state index contributed by atoms with van der Waals surface area (Å²) in [5.74, 6) is 2.59. The number of nitrogens with one attached hydrogen (secondary N) is 2. The lowest BCUT2D eigenvalue weighted by Crippen LogP contribution is -2.28. The second kappa shape index (κ2) is 6.39. The highest BCUT2D eigenvalue weighted by Gasteiger charge is 2.21. The van der Waals surface area contributed by atoms with E-state index in [9.17, 15) is 4.79 Å². The molecule has 1 aliphatic carbocycles. The number of hydrogen-bond acceptors (Lipinski definition) is 2. The molecule has 3 heteroatoms. The number of carbonyl (C=O) groups is 1. The van der Waals surface area contributed by atoms with Crippen LogP contribution in [0.15, 0.2) is 0 Å². The summed E-state index contributed by atoms with van der Waals surface area (Å²) in [5.41, 5.74) is 0. The standard InChI is InChI=1S/C14H26N2O/c1-11-2-3-13(8-11)10-16-14(17)5-4-12-6-7-15-9-12/h11-13,15H,2-10H2,1H3,(H,16,17). The van der Waals surface area contributed by atoms with E-state index in [2.05, 4.69) is 17.6 Å². The van der Waals surface area contributed by atoms with Crippen molar-refractivity contribution in [3.05, 3.63) is 0 Å². The summed E-state index contributed by atoms with van der Waals surface area (Å²) < 4.78 is 0. The van der Waals surface area contributed by atoms with E-state index in [-0.39, 0.29) is 5.91 Å². The van der Waals surface area contributed by atoms with Gasteiger partial charge in [-0.1, -0.05) is 13.3 Å². The molecule has 3 unspecified atom stereocenters. The zero-order chi connectivity index (χ0) is 12.1. The van der Waals surface area contributed by atoms with Gasteiger partial charge in [0.05, 0.1) is 0 Å². The van der Waals surface area contributed by atoms with Gasteiger partial charge in [0.2, 0.25) is 5.91 Å². The minimum absolute atomic E-state index is 0.261. The zero-order valence-electron chi connectivity index (χ0n) is 11.0. The van der Waals surface area contributed by atoms with Gasteiger partial charge in [-0.05, 0) is 56.5 Å². The third-order valence-electron chi connectivity index (χ3n) is 4.33. The van der Waals surface area contributed by atoms with Crippen LogP contribution in [0, 0.1) is 17.8 Å². The molecule has 1 saturated heterocycles. The first kappa shape index (κ1) is 12.9. The zero-order valence-corrected chi connectivity index (χ0v) is 11.0. The van der Waals surface area contributed by atoms with Gasteiger partial charge in [0, 0.05) is 13.0 Å². The SMILES string of the molecule is CC1CCC(CNC(=O)CCC2CCNC2)C1. The molecule has 0 aromatic heterocycles. The smallest absolute Gasteiger partial charge is 0.220 e. The van der Waals surface area contributed by atoms with E-state index in [1.165, 1.54) is 25.7 Å². The van der Waals surface area contributed by atoms with E-state index in [1.54, 1.807) is 0 Å². The molecule has 0 aromatic carbocycles. The van der Waals surface area contributed by atoms with Crippen molar-refractivity contribution < 1.29 is 4.79 Å².